The molecular weight excluding hydrogens is 420 g/mol. The van der Waals surface area contributed by atoms with E-state index in [9.17, 15) is 9.59 Å². The average Bonchev–Trinajstić information content (AvgIpc) is 3.19. The highest BCUT2D eigenvalue weighted by Crippen LogP contribution is 2.31. The highest BCUT2D eigenvalue weighted by molar-refractivity contribution is 5.98. The molecule has 8 nitrogen and oxygen atoms in total. The van der Waals surface area contributed by atoms with Crippen molar-refractivity contribution in [2.24, 2.45) is 11.8 Å². The van der Waals surface area contributed by atoms with E-state index in [1.807, 2.05) is 54.6 Å². The number of methoxy groups -OCH3 is 2. The van der Waals surface area contributed by atoms with Gasteiger partial charge in [-0.1, -0.05) is 36.4 Å². The summed E-state index contributed by atoms with van der Waals surface area (Å²) in [6, 6.07) is 17.1. The van der Waals surface area contributed by atoms with E-state index in [1.54, 1.807) is 19.2 Å². The lowest BCUT2D eigenvalue weighted by atomic mass is 9.84. The number of likely N-dealkylation sites (tertiary alicyclic amines) is 1. The van der Waals surface area contributed by atoms with Gasteiger partial charge < -0.3 is 14.8 Å². The maximum Gasteiger partial charge on any atom is 0.247 e. The van der Waals surface area contributed by atoms with Gasteiger partial charge in [-0.2, -0.15) is 0 Å². The zero-order valence-electron chi connectivity index (χ0n) is 19.2. The minimum atomic E-state index is -0.351. The predicted octanol–water partition coefficient (Wildman–Crippen LogP) is 1.47. The first-order valence-corrected chi connectivity index (χ1v) is 11.4. The number of hydrazine groups is 1. The number of hydrogen-bond acceptors (Lipinski definition) is 6. The van der Waals surface area contributed by atoms with Gasteiger partial charge in [-0.15, -0.1) is 0 Å². The highest BCUT2D eigenvalue weighted by atomic mass is 16.5. The van der Waals surface area contributed by atoms with E-state index in [-0.39, 0.29) is 29.7 Å². The largest absolute Gasteiger partial charge is 0.496 e. The third-order valence-corrected chi connectivity index (χ3v) is 6.44. The fourth-order valence-corrected chi connectivity index (χ4v) is 4.72. The van der Waals surface area contributed by atoms with Crippen LogP contribution in [0.15, 0.2) is 54.6 Å². The standard InChI is InChI=1S/C25H32N4O4/c1-32-15-14-28-16-20(24(30)26-13-12-18-8-6-7-11-22(18)33-2)23-21(17-28)25(31)29(27-23)19-9-4-3-5-10-19/h3-11,20-21,23,27H,12-17H2,1-2H3,(H,26,30). The Labute approximate surface area is 194 Å². The van der Waals surface area contributed by atoms with Crippen LogP contribution < -0.4 is 20.5 Å². The zero-order chi connectivity index (χ0) is 23.2. The lowest BCUT2D eigenvalue weighted by Gasteiger charge is -2.38. The molecule has 33 heavy (non-hydrogen) atoms. The number of nitrogens with one attached hydrogen (secondary N) is 2. The molecule has 0 aromatic heterocycles. The number of carbonyl (C=O) groups is 2. The van der Waals surface area contributed by atoms with Crippen LogP contribution in [0.4, 0.5) is 5.69 Å². The van der Waals surface area contributed by atoms with E-state index in [1.165, 1.54) is 0 Å². The van der Waals surface area contributed by atoms with Gasteiger partial charge in [0.25, 0.3) is 0 Å². The van der Waals surface area contributed by atoms with E-state index < -0.39 is 0 Å². The molecule has 0 bridgehead atoms. The predicted molar refractivity (Wildman–Crippen MR) is 126 cm³/mol. The van der Waals surface area contributed by atoms with Crippen molar-refractivity contribution in [3.8, 4) is 5.75 Å². The van der Waals surface area contributed by atoms with Crippen molar-refractivity contribution >= 4 is 17.5 Å². The molecule has 2 fully saturated rings. The lowest BCUT2D eigenvalue weighted by molar-refractivity contribution is -0.130. The average molecular weight is 453 g/mol. The fraction of sp³-hybridized carbons (Fsp3) is 0.440. The number of amides is 2. The van der Waals surface area contributed by atoms with E-state index in [0.29, 0.717) is 39.2 Å². The second-order valence-electron chi connectivity index (χ2n) is 8.48. The number of nitrogens with zero attached hydrogens (tertiary/aromatic N) is 2. The molecule has 0 spiro atoms. The number of para-hydroxylation sites is 2. The lowest BCUT2D eigenvalue weighted by Crippen LogP contribution is -2.57. The SMILES string of the molecule is COCCN1CC(C(=O)NCCc2ccccc2OC)C2NN(c3ccccc3)C(=O)C2C1. The van der Waals surface area contributed by atoms with Crippen LogP contribution in [0.3, 0.4) is 0 Å². The van der Waals surface area contributed by atoms with Gasteiger partial charge in [-0.3, -0.25) is 14.5 Å². The molecule has 3 atom stereocenters. The molecule has 0 aliphatic carbocycles. The van der Waals surface area contributed by atoms with Gasteiger partial charge in [0.15, 0.2) is 0 Å². The summed E-state index contributed by atoms with van der Waals surface area (Å²) in [6.07, 6.45) is 0.673. The van der Waals surface area contributed by atoms with Gasteiger partial charge in [-0.05, 0) is 30.2 Å². The first-order valence-electron chi connectivity index (χ1n) is 11.4. The van der Waals surface area contributed by atoms with Gasteiger partial charge in [0, 0.05) is 33.3 Å². The minimum absolute atomic E-state index is 0.000128. The summed E-state index contributed by atoms with van der Waals surface area (Å²) in [4.78, 5) is 28.7. The summed E-state index contributed by atoms with van der Waals surface area (Å²) < 4.78 is 10.6. The second-order valence-corrected chi connectivity index (χ2v) is 8.48. The molecule has 4 rings (SSSR count). The monoisotopic (exact) mass is 452 g/mol. The van der Waals surface area contributed by atoms with Crippen molar-refractivity contribution < 1.29 is 19.1 Å². The van der Waals surface area contributed by atoms with Gasteiger partial charge in [0.05, 0.1) is 37.3 Å². The Kier molecular flexibility index (Phi) is 7.59. The molecule has 2 heterocycles. The summed E-state index contributed by atoms with van der Waals surface area (Å²) in [5.41, 5.74) is 5.17. The van der Waals surface area contributed by atoms with Crippen LogP contribution in [0.5, 0.6) is 5.75 Å². The molecule has 3 unspecified atom stereocenters. The van der Waals surface area contributed by atoms with E-state index in [0.717, 1.165) is 17.0 Å². The summed E-state index contributed by atoms with van der Waals surface area (Å²) in [6.45, 7) is 2.93. The van der Waals surface area contributed by atoms with Crippen LogP contribution in [0, 0.1) is 11.8 Å². The molecule has 2 aliphatic rings. The smallest absolute Gasteiger partial charge is 0.247 e. The quantitative estimate of drug-likeness (QED) is 0.600. The highest BCUT2D eigenvalue weighted by Gasteiger charge is 2.50. The molecule has 2 amide bonds. The molecule has 2 aromatic carbocycles. The van der Waals surface area contributed by atoms with Gasteiger partial charge in [-0.25, -0.2) is 10.4 Å². The molecule has 2 aliphatic heterocycles. The summed E-state index contributed by atoms with van der Waals surface area (Å²) in [5, 5.41) is 4.69. The van der Waals surface area contributed by atoms with Crippen molar-refractivity contribution in [1.82, 2.24) is 15.6 Å². The topological polar surface area (TPSA) is 83.1 Å². The van der Waals surface area contributed by atoms with Crippen LogP contribution in [-0.4, -0.2) is 69.8 Å². The van der Waals surface area contributed by atoms with E-state index in [4.69, 9.17) is 9.47 Å². The first kappa shape index (κ1) is 23.2. The Morgan fingerprint density at radius 1 is 1.09 bits per heavy atom. The number of ether oxygens (including phenoxy) is 2. The fourth-order valence-electron chi connectivity index (χ4n) is 4.72. The van der Waals surface area contributed by atoms with Crippen molar-refractivity contribution in [2.45, 2.75) is 12.5 Å². The van der Waals surface area contributed by atoms with Crippen molar-refractivity contribution in [1.29, 1.82) is 0 Å². The van der Waals surface area contributed by atoms with Crippen LogP contribution in [0.2, 0.25) is 0 Å². The van der Waals surface area contributed by atoms with Crippen molar-refractivity contribution in [2.75, 3.05) is 52.0 Å². The van der Waals surface area contributed by atoms with Gasteiger partial charge in [0.2, 0.25) is 11.8 Å². The third-order valence-electron chi connectivity index (χ3n) is 6.44. The van der Waals surface area contributed by atoms with Crippen molar-refractivity contribution in [3.05, 3.63) is 60.2 Å². The Bertz CT molecular complexity index is 954. The zero-order valence-corrected chi connectivity index (χ0v) is 19.2. The minimum Gasteiger partial charge on any atom is -0.496 e. The molecule has 2 aromatic rings. The van der Waals surface area contributed by atoms with Crippen LogP contribution in [0.1, 0.15) is 5.56 Å². The van der Waals surface area contributed by atoms with E-state index >= 15 is 0 Å². The van der Waals surface area contributed by atoms with Crippen molar-refractivity contribution in [3.63, 3.8) is 0 Å². The number of fused-ring (bicyclic) bond motifs is 1. The summed E-state index contributed by atoms with van der Waals surface area (Å²) >= 11 is 0. The number of anilines is 1. The number of rotatable bonds is 9. The van der Waals surface area contributed by atoms with Crippen LogP contribution in [0.25, 0.3) is 0 Å². The molecule has 0 saturated carbocycles. The van der Waals surface area contributed by atoms with Crippen LogP contribution in [-0.2, 0) is 20.7 Å². The number of carbonyl (C=O) groups excluding carboxylic acids is 2. The van der Waals surface area contributed by atoms with E-state index in [2.05, 4.69) is 15.6 Å². The molecule has 8 heteroatoms. The maximum atomic E-state index is 13.3. The number of hydrogen-bond donors (Lipinski definition) is 2. The number of benzene rings is 2. The Morgan fingerprint density at radius 3 is 2.61 bits per heavy atom. The Balaban J connectivity index is 1.46. The maximum absolute atomic E-state index is 13.3. The van der Waals surface area contributed by atoms with Crippen LogP contribution >= 0.6 is 0 Å². The molecular formula is C25H32N4O4. The number of piperidine rings is 1. The molecule has 176 valence electrons. The third kappa shape index (κ3) is 5.19. The molecule has 2 saturated heterocycles. The summed E-state index contributed by atoms with van der Waals surface area (Å²) in [5.74, 6) is 0.130. The van der Waals surface area contributed by atoms with Gasteiger partial charge >= 0.3 is 0 Å². The Hall–Kier alpha value is -2.94. The Morgan fingerprint density at radius 2 is 1.85 bits per heavy atom. The normalized spacial score (nSPS) is 22.8. The first-order chi connectivity index (χ1) is 16.1. The molecule has 0 radical (unpaired) electrons. The summed E-state index contributed by atoms with van der Waals surface area (Å²) in [7, 11) is 3.31. The molecule has 2 N–H and O–H groups in total. The van der Waals surface area contributed by atoms with Gasteiger partial charge in [0.1, 0.15) is 5.75 Å². The second kappa shape index (κ2) is 10.8.